The predicted molar refractivity (Wildman–Crippen MR) is 113 cm³/mol. The first-order valence-corrected chi connectivity index (χ1v) is 10.7. The predicted octanol–water partition coefficient (Wildman–Crippen LogP) is 2.19. The normalized spacial score (nSPS) is 14.0. The van der Waals surface area contributed by atoms with Crippen LogP contribution in [0, 0.1) is 0 Å². The molecule has 10 nitrogen and oxygen atoms in total. The maximum Gasteiger partial charge on any atom is 0.232 e. The van der Waals surface area contributed by atoms with Gasteiger partial charge in [-0.2, -0.15) is 15.0 Å². The average Bonchev–Trinajstić information content (AvgIpc) is 3.22. The Kier molecular flexibility index (Phi) is 6.22. The van der Waals surface area contributed by atoms with Crippen LogP contribution in [0.2, 0.25) is 0 Å². The topological polar surface area (TPSA) is 124 Å². The molecular weight excluding hydrogens is 412 g/mol. The van der Waals surface area contributed by atoms with E-state index in [-0.39, 0.29) is 5.95 Å². The molecule has 0 unspecified atom stereocenters. The summed E-state index contributed by atoms with van der Waals surface area (Å²) >= 11 is 3.07. The number of para-hydroxylation sites is 2. The lowest BCUT2D eigenvalue weighted by molar-refractivity contribution is 0.122. The zero-order chi connectivity index (χ0) is 20.1. The number of nitrogens with two attached hydrogens (primary N) is 1. The molecule has 12 heteroatoms. The number of hydrogen-bond donors (Lipinski definition) is 2. The summed E-state index contributed by atoms with van der Waals surface area (Å²) in [6, 6.07) is 7.52. The summed E-state index contributed by atoms with van der Waals surface area (Å²) in [5.74, 6) is 2.27. The minimum Gasteiger partial charge on any atom is -0.495 e. The Balaban J connectivity index is 1.42. The van der Waals surface area contributed by atoms with Gasteiger partial charge in [-0.25, -0.2) is 0 Å². The van der Waals surface area contributed by atoms with Crippen LogP contribution in [0.4, 0.5) is 22.7 Å². The van der Waals surface area contributed by atoms with Gasteiger partial charge in [-0.3, -0.25) is 0 Å². The molecule has 0 aliphatic carbocycles. The van der Waals surface area contributed by atoms with Crippen molar-refractivity contribution < 1.29 is 9.47 Å². The van der Waals surface area contributed by atoms with Crippen molar-refractivity contribution in [2.75, 3.05) is 49.4 Å². The Morgan fingerprint density at radius 1 is 1.21 bits per heavy atom. The Morgan fingerprint density at radius 3 is 2.86 bits per heavy atom. The van der Waals surface area contributed by atoms with Gasteiger partial charge in [0.15, 0.2) is 4.34 Å². The Morgan fingerprint density at radius 2 is 2.03 bits per heavy atom. The van der Waals surface area contributed by atoms with Gasteiger partial charge < -0.3 is 25.4 Å². The maximum atomic E-state index is 5.87. The second-order valence-corrected chi connectivity index (χ2v) is 8.18. The van der Waals surface area contributed by atoms with Gasteiger partial charge >= 0.3 is 0 Å². The second-order valence-electron chi connectivity index (χ2n) is 6.00. The molecule has 0 bridgehead atoms. The summed E-state index contributed by atoms with van der Waals surface area (Å²) in [4.78, 5) is 15.0. The average molecular weight is 433 g/mol. The molecule has 1 aromatic carbocycles. The summed E-state index contributed by atoms with van der Waals surface area (Å²) in [6.07, 6.45) is 0. The molecule has 2 aromatic heterocycles. The van der Waals surface area contributed by atoms with Crippen LogP contribution in [0.1, 0.15) is 5.82 Å². The van der Waals surface area contributed by atoms with Crippen LogP contribution in [0.25, 0.3) is 0 Å². The number of methoxy groups -OCH3 is 1. The van der Waals surface area contributed by atoms with E-state index in [0.717, 1.165) is 28.2 Å². The van der Waals surface area contributed by atoms with E-state index in [9.17, 15) is 0 Å². The molecule has 152 valence electrons. The molecule has 0 radical (unpaired) electrons. The van der Waals surface area contributed by atoms with E-state index in [1.165, 1.54) is 11.8 Å². The number of nitrogen functional groups attached to an aromatic ring is 1. The standard InChI is InChI=1S/C17H20N8O2S2/c1-26-12-5-3-2-4-11(12)19-15-21-13(20-14(18)22-15)10-28-17-24-23-16(29-17)25-6-8-27-9-7-25/h2-5H,6-10H2,1H3,(H3,18,19,20,21,22). The quantitative estimate of drug-likeness (QED) is 0.534. The van der Waals surface area contributed by atoms with E-state index in [2.05, 4.69) is 35.4 Å². The molecule has 4 rings (SSSR count). The van der Waals surface area contributed by atoms with Crippen LogP contribution in [0.5, 0.6) is 5.75 Å². The number of anilines is 4. The highest BCUT2D eigenvalue weighted by molar-refractivity contribution is 8.00. The highest BCUT2D eigenvalue weighted by atomic mass is 32.2. The molecule has 3 N–H and O–H groups in total. The third kappa shape index (κ3) is 5.02. The van der Waals surface area contributed by atoms with Crippen molar-refractivity contribution in [2.24, 2.45) is 0 Å². The molecule has 0 spiro atoms. The summed E-state index contributed by atoms with van der Waals surface area (Å²) in [5.41, 5.74) is 6.62. The fourth-order valence-corrected chi connectivity index (χ4v) is 4.44. The van der Waals surface area contributed by atoms with Gasteiger partial charge in [0.2, 0.25) is 17.0 Å². The molecule has 29 heavy (non-hydrogen) atoms. The SMILES string of the molecule is COc1ccccc1Nc1nc(N)nc(CSc2nnc(N3CCOCC3)s2)n1. The first-order chi connectivity index (χ1) is 14.2. The Bertz CT molecular complexity index is 964. The Hall–Kier alpha value is -2.70. The lowest BCUT2D eigenvalue weighted by Crippen LogP contribution is -2.36. The second kappa shape index (κ2) is 9.20. The number of aromatic nitrogens is 5. The van der Waals surface area contributed by atoms with Crippen molar-refractivity contribution in [3.63, 3.8) is 0 Å². The molecule has 1 aliphatic heterocycles. The van der Waals surface area contributed by atoms with Gasteiger partial charge in [0.25, 0.3) is 0 Å². The summed E-state index contributed by atoms with van der Waals surface area (Å²) in [5, 5.41) is 12.6. The van der Waals surface area contributed by atoms with Gasteiger partial charge in [-0.15, -0.1) is 10.2 Å². The van der Waals surface area contributed by atoms with E-state index in [1.54, 1.807) is 18.4 Å². The largest absolute Gasteiger partial charge is 0.495 e. The molecule has 0 atom stereocenters. The van der Waals surface area contributed by atoms with Gasteiger partial charge in [-0.1, -0.05) is 35.2 Å². The molecule has 3 aromatic rings. The van der Waals surface area contributed by atoms with E-state index in [1.807, 2.05) is 24.3 Å². The molecular formula is C17H20N8O2S2. The summed E-state index contributed by atoms with van der Waals surface area (Å²) in [7, 11) is 1.61. The summed E-state index contributed by atoms with van der Waals surface area (Å²) in [6.45, 7) is 3.10. The molecule has 1 aliphatic rings. The van der Waals surface area contributed by atoms with E-state index in [0.29, 0.717) is 36.5 Å². The van der Waals surface area contributed by atoms with E-state index in [4.69, 9.17) is 15.2 Å². The number of rotatable bonds is 7. The van der Waals surface area contributed by atoms with Gasteiger partial charge in [-0.05, 0) is 12.1 Å². The van der Waals surface area contributed by atoms with Crippen LogP contribution in [-0.4, -0.2) is 58.6 Å². The maximum absolute atomic E-state index is 5.87. The highest BCUT2D eigenvalue weighted by Gasteiger charge is 2.16. The number of nitrogens with one attached hydrogen (secondary N) is 1. The molecule has 0 saturated carbocycles. The van der Waals surface area contributed by atoms with Gasteiger partial charge in [0, 0.05) is 13.1 Å². The first-order valence-electron chi connectivity index (χ1n) is 8.91. The third-order valence-corrected chi connectivity index (χ3v) is 6.17. The third-order valence-electron chi connectivity index (χ3n) is 4.05. The van der Waals surface area contributed by atoms with Gasteiger partial charge in [0.05, 0.1) is 31.8 Å². The van der Waals surface area contributed by atoms with Crippen LogP contribution in [0.3, 0.4) is 0 Å². The van der Waals surface area contributed by atoms with Crippen LogP contribution < -0.4 is 20.7 Å². The van der Waals surface area contributed by atoms with E-state index >= 15 is 0 Å². The number of ether oxygens (including phenoxy) is 2. The fourth-order valence-electron chi connectivity index (χ4n) is 2.70. The highest BCUT2D eigenvalue weighted by Crippen LogP contribution is 2.30. The number of benzene rings is 1. The number of morpholine rings is 1. The van der Waals surface area contributed by atoms with Crippen molar-refractivity contribution >= 4 is 45.8 Å². The van der Waals surface area contributed by atoms with Crippen molar-refractivity contribution in [1.82, 2.24) is 25.1 Å². The van der Waals surface area contributed by atoms with Crippen LogP contribution in [-0.2, 0) is 10.5 Å². The summed E-state index contributed by atoms with van der Waals surface area (Å²) < 4.78 is 11.6. The molecule has 1 fully saturated rings. The fraction of sp³-hybridized carbons (Fsp3) is 0.353. The van der Waals surface area contributed by atoms with Crippen molar-refractivity contribution in [1.29, 1.82) is 0 Å². The van der Waals surface area contributed by atoms with Crippen LogP contribution in [0.15, 0.2) is 28.6 Å². The minimum absolute atomic E-state index is 0.152. The molecule has 3 heterocycles. The van der Waals surface area contributed by atoms with E-state index < -0.39 is 0 Å². The van der Waals surface area contributed by atoms with Crippen LogP contribution >= 0.6 is 23.1 Å². The molecule has 0 amide bonds. The van der Waals surface area contributed by atoms with Crippen molar-refractivity contribution in [2.45, 2.75) is 10.1 Å². The number of nitrogens with zero attached hydrogens (tertiary/aromatic N) is 6. The minimum atomic E-state index is 0.152. The lowest BCUT2D eigenvalue weighted by Gasteiger charge is -2.25. The zero-order valence-corrected chi connectivity index (χ0v) is 17.4. The Labute approximate surface area is 175 Å². The monoisotopic (exact) mass is 432 g/mol. The zero-order valence-electron chi connectivity index (χ0n) is 15.7. The number of hydrogen-bond acceptors (Lipinski definition) is 12. The first kappa shape index (κ1) is 19.6. The smallest absolute Gasteiger partial charge is 0.232 e. The number of thioether (sulfide) groups is 1. The van der Waals surface area contributed by atoms with Crippen molar-refractivity contribution in [3.8, 4) is 5.75 Å². The lowest BCUT2D eigenvalue weighted by atomic mass is 10.3. The van der Waals surface area contributed by atoms with Gasteiger partial charge in [0.1, 0.15) is 11.6 Å². The van der Waals surface area contributed by atoms with Crippen molar-refractivity contribution in [3.05, 3.63) is 30.1 Å². The molecule has 1 saturated heterocycles.